The highest BCUT2D eigenvalue weighted by Crippen LogP contribution is 2.39. The molecule has 2 aromatic carbocycles. The fourth-order valence-corrected chi connectivity index (χ4v) is 3.11. The van der Waals surface area contributed by atoms with E-state index < -0.39 is 46.1 Å². The number of benzene rings is 2. The monoisotopic (exact) mass is 384 g/mol. The number of rotatable bonds is 4. The van der Waals surface area contributed by atoms with E-state index in [0.717, 1.165) is 24.3 Å². The van der Waals surface area contributed by atoms with E-state index in [1.165, 1.54) is 0 Å². The smallest absolute Gasteiger partial charge is 0.336 e. The van der Waals surface area contributed by atoms with Crippen LogP contribution in [0.5, 0.6) is 0 Å². The maximum atomic E-state index is 11.4. The molecule has 0 fully saturated rings. The zero-order valence-electron chi connectivity index (χ0n) is 13.5. The predicted molar refractivity (Wildman–Crippen MR) is 91.3 cm³/mol. The molecule has 0 bridgehead atoms. The maximum absolute atomic E-state index is 11.4. The minimum absolute atomic E-state index is 0.0252. The molecule has 2 aromatic heterocycles. The molecule has 28 heavy (non-hydrogen) atoms. The molecule has 0 spiro atoms. The molecule has 0 atom stereocenters. The van der Waals surface area contributed by atoms with Crippen molar-refractivity contribution < 1.29 is 48.4 Å². The Hall–Kier alpha value is -4.34. The van der Waals surface area contributed by atoms with E-state index >= 15 is 0 Å². The summed E-state index contributed by atoms with van der Waals surface area (Å²) < 4.78 is 10.9. The van der Waals surface area contributed by atoms with Crippen LogP contribution in [0.4, 0.5) is 0 Å². The Kier molecular flexibility index (Phi) is 3.40. The van der Waals surface area contributed by atoms with Crippen LogP contribution < -0.4 is 0 Å². The summed E-state index contributed by atoms with van der Waals surface area (Å²) in [6, 6.07) is 4.25. The second-order valence-corrected chi connectivity index (χ2v) is 5.88. The number of aromatic carboxylic acids is 4. The highest BCUT2D eigenvalue weighted by Gasteiger charge is 2.25. The third kappa shape index (κ3) is 2.28. The van der Waals surface area contributed by atoms with E-state index in [1.54, 1.807) is 0 Å². The van der Waals surface area contributed by atoms with Crippen LogP contribution in [-0.4, -0.2) is 44.3 Å². The van der Waals surface area contributed by atoms with Gasteiger partial charge in [-0.1, -0.05) is 0 Å². The van der Waals surface area contributed by atoms with Crippen molar-refractivity contribution in [1.29, 1.82) is 0 Å². The van der Waals surface area contributed by atoms with E-state index in [-0.39, 0.29) is 33.1 Å². The van der Waals surface area contributed by atoms with Gasteiger partial charge in [0.25, 0.3) is 5.78 Å². The van der Waals surface area contributed by atoms with E-state index in [9.17, 15) is 39.6 Å². The number of hydrogen-bond acceptors (Lipinski definition) is 6. The lowest BCUT2D eigenvalue weighted by molar-refractivity contribution is 0.0651. The third-order valence-electron chi connectivity index (χ3n) is 4.31. The highest BCUT2D eigenvalue weighted by molar-refractivity contribution is 6.21. The molecule has 140 valence electrons. The minimum Gasteiger partial charge on any atom is -0.478 e. The summed E-state index contributed by atoms with van der Waals surface area (Å²) >= 11 is 0. The standard InChI is InChI=1S/C18H8O10/c19-14(20)5-1-9-11(3-7(5)16(23)24)27-18-13(9)10-2-6(15(21)22)8(17(25)26)4-12(10)28-18/h1-4H,(H,19,20)(H,21,22)(H,23,24)(H,25,26). The first kappa shape index (κ1) is 17.1. The van der Waals surface area contributed by atoms with Crippen LogP contribution in [0.3, 0.4) is 0 Å². The van der Waals surface area contributed by atoms with Crippen molar-refractivity contribution in [1.82, 2.24) is 0 Å². The number of furan rings is 2. The summed E-state index contributed by atoms with van der Waals surface area (Å²) in [4.78, 5) is 45.5. The van der Waals surface area contributed by atoms with Gasteiger partial charge in [-0.2, -0.15) is 0 Å². The second-order valence-electron chi connectivity index (χ2n) is 5.88. The average Bonchev–Trinajstić information content (AvgIpc) is 3.13. The number of carboxylic acid groups (broad SMARTS) is 4. The fraction of sp³-hybridized carbons (Fsp3) is 0. The Morgan fingerprint density at radius 1 is 0.571 bits per heavy atom. The van der Waals surface area contributed by atoms with Crippen LogP contribution in [-0.2, 0) is 0 Å². The normalized spacial score (nSPS) is 11.3. The van der Waals surface area contributed by atoms with Gasteiger partial charge in [-0.15, -0.1) is 0 Å². The number of carbonyl (C=O) groups is 4. The van der Waals surface area contributed by atoms with Crippen molar-refractivity contribution in [2.45, 2.75) is 0 Å². The second kappa shape index (κ2) is 5.58. The summed E-state index contributed by atoms with van der Waals surface area (Å²) in [5.41, 5.74) is -1.90. The van der Waals surface area contributed by atoms with Gasteiger partial charge in [0.1, 0.15) is 11.2 Å². The van der Waals surface area contributed by atoms with Gasteiger partial charge >= 0.3 is 23.9 Å². The topological polar surface area (TPSA) is 175 Å². The molecule has 4 aromatic rings. The number of hydrogen-bond donors (Lipinski definition) is 4. The van der Waals surface area contributed by atoms with Crippen LogP contribution >= 0.6 is 0 Å². The molecule has 0 saturated heterocycles. The summed E-state index contributed by atoms with van der Waals surface area (Å²) in [6.45, 7) is 0. The van der Waals surface area contributed by atoms with Crippen molar-refractivity contribution >= 4 is 57.0 Å². The average molecular weight is 384 g/mol. The first-order valence-corrected chi connectivity index (χ1v) is 7.59. The maximum Gasteiger partial charge on any atom is 0.336 e. The van der Waals surface area contributed by atoms with Crippen LogP contribution in [0.15, 0.2) is 33.1 Å². The van der Waals surface area contributed by atoms with E-state index in [2.05, 4.69) is 0 Å². The van der Waals surface area contributed by atoms with Gasteiger partial charge in [-0.3, -0.25) is 0 Å². The molecule has 0 aliphatic rings. The Bertz CT molecular complexity index is 1270. The molecule has 0 amide bonds. The molecule has 4 N–H and O–H groups in total. The molecule has 2 heterocycles. The Morgan fingerprint density at radius 3 is 1.21 bits per heavy atom. The quantitative estimate of drug-likeness (QED) is 0.409. The van der Waals surface area contributed by atoms with Crippen LogP contribution in [0.2, 0.25) is 0 Å². The van der Waals surface area contributed by atoms with Gasteiger partial charge in [-0.05, 0) is 24.3 Å². The summed E-state index contributed by atoms with van der Waals surface area (Å²) in [7, 11) is 0. The highest BCUT2D eigenvalue weighted by atomic mass is 16.5. The SMILES string of the molecule is O=C(O)c1cc2oc3oc4cc(C(=O)O)c(C(=O)O)cc4c3c2cc1C(=O)O. The van der Waals surface area contributed by atoms with Crippen molar-refractivity contribution in [3.8, 4) is 0 Å². The van der Waals surface area contributed by atoms with Gasteiger partial charge in [0.15, 0.2) is 0 Å². The molecule has 4 rings (SSSR count). The van der Waals surface area contributed by atoms with Crippen LogP contribution in [0.25, 0.3) is 33.1 Å². The molecule has 10 heteroatoms. The lowest BCUT2D eigenvalue weighted by Gasteiger charge is -2.03. The Labute approximate surface area is 152 Å². The zero-order chi connectivity index (χ0) is 20.3. The van der Waals surface area contributed by atoms with Gasteiger partial charge in [0.05, 0.1) is 27.6 Å². The molecule has 10 nitrogen and oxygen atoms in total. The van der Waals surface area contributed by atoms with Gasteiger partial charge in [0.2, 0.25) is 0 Å². The van der Waals surface area contributed by atoms with Crippen LogP contribution in [0.1, 0.15) is 41.4 Å². The molecule has 0 unspecified atom stereocenters. The first-order chi connectivity index (χ1) is 13.2. The molecule has 0 saturated carbocycles. The first-order valence-electron chi connectivity index (χ1n) is 7.59. The molecular formula is C18H8O10. The molecule has 0 aliphatic heterocycles. The third-order valence-corrected chi connectivity index (χ3v) is 4.31. The Morgan fingerprint density at radius 2 is 0.893 bits per heavy atom. The van der Waals surface area contributed by atoms with Crippen molar-refractivity contribution in [2.75, 3.05) is 0 Å². The van der Waals surface area contributed by atoms with E-state index in [4.69, 9.17) is 8.83 Å². The van der Waals surface area contributed by atoms with E-state index in [1.807, 2.05) is 0 Å². The molecule has 0 aliphatic carbocycles. The molecule has 0 radical (unpaired) electrons. The van der Waals surface area contributed by atoms with Crippen molar-refractivity contribution in [3.63, 3.8) is 0 Å². The number of fused-ring (bicyclic) bond motifs is 5. The summed E-state index contributed by atoms with van der Waals surface area (Å²) in [5, 5.41) is 37.6. The van der Waals surface area contributed by atoms with Gasteiger partial charge in [-0.25, -0.2) is 19.2 Å². The van der Waals surface area contributed by atoms with Gasteiger partial charge in [0, 0.05) is 10.8 Å². The Balaban J connectivity index is 2.15. The fourth-order valence-electron chi connectivity index (χ4n) is 3.11. The minimum atomic E-state index is -1.47. The van der Waals surface area contributed by atoms with E-state index in [0.29, 0.717) is 0 Å². The lowest BCUT2D eigenvalue weighted by Crippen LogP contribution is -2.08. The number of carboxylic acids is 4. The van der Waals surface area contributed by atoms with Crippen LogP contribution in [0, 0.1) is 0 Å². The van der Waals surface area contributed by atoms with Crippen molar-refractivity contribution in [2.24, 2.45) is 0 Å². The molecular weight excluding hydrogens is 376 g/mol. The summed E-state index contributed by atoms with van der Waals surface area (Å²) in [6.07, 6.45) is 0. The largest absolute Gasteiger partial charge is 0.478 e. The van der Waals surface area contributed by atoms with Gasteiger partial charge < -0.3 is 29.3 Å². The lowest BCUT2D eigenvalue weighted by atomic mass is 10.0. The zero-order valence-corrected chi connectivity index (χ0v) is 13.5. The predicted octanol–water partition coefficient (Wildman–Crippen LogP) is 3.13. The van der Waals surface area contributed by atoms with Crippen molar-refractivity contribution in [3.05, 3.63) is 46.5 Å². The summed E-state index contributed by atoms with van der Waals surface area (Å²) in [5.74, 6) is -5.99.